The first kappa shape index (κ1) is 10.6. The fourth-order valence-electron chi connectivity index (χ4n) is 1.36. The van der Waals surface area contributed by atoms with E-state index in [9.17, 15) is 4.39 Å². The van der Waals surface area contributed by atoms with Crippen LogP contribution in [-0.4, -0.2) is 21.5 Å². The smallest absolute Gasteiger partial charge is 0.126 e. The van der Waals surface area contributed by atoms with Gasteiger partial charge in [-0.25, -0.2) is 9.07 Å². The highest BCUT2D eigenvalue weighted by atomic mass is 19.1. The molecule has 2 aromatic rings. The van der Waals surface area contributed by atoms with Crippen LogP contribution in [0.4, 0.5) is 4.39 Å². The molecule has 0 unspecified atom stereocenters. The summed E-state index contributed by atoms with van der Waals surface area (Å²) in [5.74, 6) is -0.576. The van der Waals surface area contributed by atoms with E-state index >= 15 is 0 Å². The molecule has 2 rings (SSSR count). The van der Waals surface area contributed by atoms with Crippen molar-refractivity contribution in [2.75, 3.05) is 6.61 Å². The molecule has 1 heterocycles. The van der Waals surface area contributed by atoms with E-state index in [4.69, 9.17) is 5.11 Å². The summed E-state index contributed by atoms with van der Waals surface area (Å²) in [5.41, 5.74) is 1.53. The largest absolute Gasteiger partial charge is 0.389 e. The second kappa shape index (κ2) is 4.72. The molecule has 0 atom stereocenters. The molecule has 0 saturated carbocycles. The quantitative estimate of drug-likeness (QED) is 0.857. The van der Waals surface area contributed by atoms with Crippen molar-refractivity contribution in [3.05, 3.63) is 54.1 Å². The number of halogens is 1. The summed E-state index contributed by atoms with van der Waals surface area (Å²) < 4.78 is 14.5. The minimum atomic E-state index is -0.587. The second-order valence-corrected chi connectivity index (χ2v) is 3.30. The summed E-state index contributed by atoms with van der Waals surface area (Å²) in [5, 5.41) is 12.6. The van der Waals surface area contributed by atoms with E-state index in [-0.39, 0.29) is 0 Å². The van der Waals surface area contributed by atoms with Crippen LogP contribution in [0.25, 0.3) is 11.8 Å². The maximum absolute atomic E-state index is 12.8. The van der Waals surface area contributed by atoms with Crippen LogP contribution in [0.1, 0.15) is 5.56 Å². The highest BCUT2D eigenvalue weighted by Gasteiger charge is 1.99. The highest BCUT2D eigenvalue weighted by molar-refractivity contribution is 5.50. The third-order valence-corrected chi connectivity index (χ3v) is 2.10. The van der Waals surface area contributed by atoms with Crippen molar-refractivity contribution in [1.82, 2.24) is 9.78 Å². The Kier molecular flexibility index (Phi) is 3.12. The van der Waals surface area contributed by atoms with Crippen molar-refractivity contribution in [2.45, 2.75) is 0 Å². The number of aliphatic hydroxyl groups is 1. The first-order valence-electron chi connectivity index (χ1n) is 4.86. The maximum atomic E-state index is 12.8. The van der Waals surface area contributed by atoms with Gasteiger partial charge in [-0.05, 0) is 18.2 Å². The molecule has 0 radical (unpaired) electrons. The molecule has 16 heavy (non-hydrogen) atoms. The van der Waals surface area contributed by atoms with Gasteiger partial charge in [-0.1, -0.05) is 18.2 Å². The summed E-state index contributed by atoms with van der Waals surface area (Å²) >= 11 is 0. The topological polar surface area (TPSA) is 38.1 Å². The number of rotatable bonds is 3. The zero-order valence-electron chi connectivity index (χ0n) is 8.55. The molecule has 0 aliphatic carbocycles. The number of hydrogen-bond acceptors (Lipinski definition) is 2. The van der Waals surface area contributed by atoms with E-state index in [0.29, 0.717) is 5.56 Å². The van der Waals surface area contributed by atoms with Crippen molar-refractivity contribution in [3.63, 3.8) is 0 Å². The fourth-order valence-corrected chi connectivity index (χ4v) is 1.36. The van der Waals surface area contributed by atoms with Gasteiger partial charge in [0.25, 0.3) is 0 Å². The highest BCUT2D eigenvalue weighted by Crippen LogP contribution is 2.10. The minimum absolute atomic E-state index is 0.576. The van der Waals surface area contributed by atoms with Crippen LogP contribution in [0, 0.1) is 0 Å². The monoisotopic (exact) mass is 218 g/mol. The van der Waals surface area contributed by atoms with Crippen LogP contribution in [0.2, 0.25) is 0 Å². The molecule has 0 fully saturated rings. The third-order valence-electron chi connectivity index (χ3n) is 2.10. The standard InChI is InChI=1S/C12H11FN2O/c13-11(9-16)6-10-7-14-15(8-10)12-4-2-1-3-5-12/h1-8,16H,9H2/b11-6+. The van der Waals surface area contributed by atoms with E-state index in [0.717, 1.165) is 5.69 Å². The summed E-state index contributed by atoms with van der Waals surface area (Å²) in [4.78, 5) is 0. The predicted molar refractivity (Wildman–Crippen MR) is 59.7 cm³/mol. The molecular formula is C12H11FN2O. The lowest BCUT2D eigenvalue weighted by Gasteiger charge is -1.98. The van der Waals surface area contributed by atoms with Gasteiger partial charge >= 0.3 is 0 Å². The number of aliphatic hydroxyl groups excluding tert-OH is 1. The van der Waals surface area contributed by atoms with Crippen molar-refractivity contribution in [3.8, 4) is 5.69 Å². The molecule has 0 aliphatic rings. The number of aromatic nitrogens is 2. The number of hydrogen-bond donors (Lipinski definition) is 1. The molecule has 0 aliphatic heterocycles. The zero-order chi connectivity index (χ0) is 11.4. The van der Waals surface area contributed by atoms with Crippen LogP contribution in [0.5, 0.6) is 0 Å². The summed E-state index contributed by atoms with van der Waals surface area (Å²) in [6.45, 7) is -0.587. The molecule has 3 nitrogen and oxygen atoms in total. The first-order chi connectivity index (χ1) is 7.79. The van der Waals surface area contributed by atoms with Gasteiger partial charge in [0.15, 0.2) is 0 Å². The van der Waals surface area contributed by atoms with Crippen LogP contribution in [-0.2, 0) is 0 Å². The molecule has 0 bridgehead atoms. The summed E-state index contributed by atoms with van der Waals surface area (Å²) in [6.07, 6.45) is 4.50. The molecule has 0 saturated heterocycles. The van der Waals surface area contributed by atoms with Crippen molar-refractivity contribution >= 4 is 6.08 Å². The fraction of sp³-hybridized carbons (Fsp3) is 0.0833. The lowest BCUT2D eigenvalue weighted by atomic mass is 10.3. The lowest BCUT2D eigenvalue weighted by Crippen LogP contribution is -1.92. The maximum Gasteiger partial charge on any atom is 0.126 e. The van der Waals surface area contributed by atoms with E-state index in [2.05, 4.69) is 5.10 Å². The average Bonchev–Trinajstić information content (AvgIpc) is 2.78. The average molecular weight is 218 g/mol. The number of nitrogens with zero attached hydrogens (tertiary/aromatic N) is 2. The Balaban J connectivity index is 2.27. The van der Waals surface area contributed by atoms with Gasteiger partial charge in [-0.2, -0.15) is 5.10 Å². The summed E-state index contributed by atoms with van der Waals surface area (Å²) in [6, 6.07) is 9.53. The first-order valence-corrected chi connectivity index (χ1v) is 4.86. The molecule has 1 aromatic carbocycles. The molecular weight excluding hydrogens is 207 g/mol. The van der Waals surface area contributed by atoms with Crippen molar-refractivity contribution in [2.24, 2.45) is 0 Å². The van der Waals surface area contributed by atoms with Crippen LogP contribution < -0.4 is 0 Å². The Labute approximate surface area is 92.5 Å². The van der Waals surface area contributed by atoms with Crippen molar-refractivity contribution < 1.29 is 9.50 Å². The number of para-hydroxylation sites is 1. The molecule has 82 valence electrons. The molecule has 0 amide bonds. The van der Waals surface area contributed by atoms with Gasteiger partial charge in [0, 0.05) is 11.8 Å². The van der Waals surface area contributed by atoms with E-state index in [1.54, 1.807) is 17.1 Å². The van der Waals surface area contributed by atoms with Gasteiger partial charge in [0.1, 0.15) is 5.83 Å². The Morgan fingerprint density at radius 3 is 2.81 bits per heavy atom. The van der Waals surface area contributed by atoms with Crippen LogP contribution >= 0.6 is 0 Å². The predicted octanol–water partition coefficient (Wildman–Crippen LogP) is 2.17. The number of benzene rings is 1. The Hall–Kier alpha value is -1.94. The summed E-state index contributed by atoms with van der Waals surface area (Å²) in [7, 11) is 0. The third kappa shape index (κ3) is 2.35. The van der Waals surface area contributed by atoms with E-state index in [1.807, 2.05) is 30.3 Å². The van der Waals surface area contributed by atoms with Crippen molar-refractivity contribution in [1.29, 1.82) is 0 Å². The molecule has 0 spiro atoms. The Morgan fingerprint density at radius 1 is 1.38 bits per heavy atom. The normalized spacial score (nSPS) is 11.8. The van der Waals surface area contributed by atoms with E-state index < -0.39 is 12.4 Å². The van der Waals surface area contributed by atoms with Crippen LogP contribution in [0.3, 0.4) is 0 Å². The van der Waals surface area contributed by atoms with Gasteiger partial charge in [-0.15, -0.1) is 0 Å². The lowest BCUT2D eigenvalue weighted by molar-refractivity contribution is 0.300. The zero-order valence-corrected chi connectivity index (χ0v) is 8.55. The van der Waals surface area contributed by atoms with Crippen LogP contribution in [0.15, 0.2) is 48.6 Å². The molecule has 4 heteroatoms. The van der Waals surface area contributed by atoms with Gasteiger partial charge in [-0.3, -0.25) is 0 Å². The Bertz CT molecular complexity index is 491. The SMILES string of the molecule is OC/C(F)=C\c1cnn(-c2ccccc2)c1. The van der Waals surface area contributed by atoms with E-state index in [1.165, 1.54) is 6.08 Å². The Morgan fingerprint density at radius 2 is 2.12 bits per heavy atom. The molecule has 1 aromatic heterocycles. The van der Waals surface area contributed by atoms with Gasteiger partial charge < -0.3 is 5.11 Å². The minimum Gasteiger partial charge on any atom is -0.389 e. The molecule has 1 N–H and O–H groups in total. The van der Waals surface area contributed by atoms with Gasteiger partial charge in [0.2, 0.25) is 0 Å². The second-order valence-electron chi connectivity index (χ2n) is 3.30. The van der Waals surface area contributed by atoms with Gasteiger partial charge in [0.05, 0.1) is 18.5 Å².